The summed E-state index contributed by atoms with van der Waals surface area (Å²) in [5, 5.41) is 10.5. The molecule has 2 aliphatic carbocycles. The van der Waals surface area contributed by atoms with E-state index >= 15 is 0 Å². The predicted molar refractivity (Wildman–Crippen MR) is 101 cm³/mol. The summed E-state index contributed by atoms with van der Waals surface area (Å²) in [5.74, 6) is 1.19. The first-order valence-corrected chi connectivity index (χ1v) is 10.2. The van der Waals surface area contributed by atoms with Crippen molar-refractivity contribution in [3.05, 3.63) is 16.8 Å². The van der Waals surface area contributed by atoms with Crippen LogP contribution in [-0.2, 0) is 6.42 Å². The van der Waals surface area contributed by atoms with Crippen LogP contribution in [0.25, 0.3) is 10.2 Å². The highest BCUT2D eigenvalue weighted by Gasteiger charge is 2.31. The van der Waals surface area contributed by atoms with Gasteiger partial charge in [0.15, 0.2) is 0 Å². The molecular weight excluding hydrogens is 334 g/mol. The monoisotopic (exact) mass is 361 g/mol. The summed E-state index contributed by atoms with van der Waals surface area (Å²) in [4.78, 5) is 13.8. The van der Waals surface area contributed by atoms with Gasteiger partial charge in [0.05, 0.1) is 5.39 Å². The van der Waals surface area contributed by atoms with Gasteiger partial charge in [0.2, 0.25) is 5.88 Å². The van der Waals surface area contributed by atoms with E-state index in [1.165, 1.54) is 23.3 Å². The minimum Gasteiger partial charge on any atom is -0.474 e. The standard InChI is InChI=1S/C19H27N3O2S/c1-22(2)13-4-6-14(7-5-13)24-18-17-16-12(9-10-23)3-8-15(16)25-19(17)21-11-20-18/h11-14,23H,3-10H2,1-2H3/t12-,13-,14-/m1/s1. The molecule has 0 saturated heterocycles. The lowest BCUT2D eigenvalue weighted by Crippen LogP contribution is -2.35. The Morgan fingerprint density at radius 1 is 1.20 bits per heavy atom. The summed E-state index contributed by atoms with van der Waals surface area (Å²) in [6, 6.07) is 0.671. The highest BCUT2D eigenvalue weighted by molar-refractivity contribution is 7.19. The van der Waals surface area contributed by atoms with Crippen LogP contribution in [-0.4, -0.2) is 52.8 Å². The number of rotatable bonds is 5. The first-order chi connectivity index (χ1) is 12.2. The average Bonchev–Trinajstić information content (AvgIpc) is 3.16. The summed E-state index contributed by atoms with van der Waals surface area (Å²) >= 11 is 1.78. The highest BCUT2D eigenvalue weighted by atomic mass is 32.1. The van der Waals surface area contributed by atoms with Gasteiger partial charge in [-0.2, -0.15) is 0 Å². The summed E-state index contributed by atoms with van der Waals surface area (Å²) in [5.41, 5.74) is 1.35. The topological polar surface area (TPSA) is 58.5 Å². The maximum Gasteiger partial charge on any atom is 0.225 e. The van der Waals surface area contributed by atoms with E-state index in [9.17, 15) is 5.11 Å². The third-order valence-corrected chi connectivity index (χ3v) is 7.00. The molecule has 0 aromatic carbocycles. The van der Waals surface area contributed by atoms with E-state index in [1.807, 2.05) is 0 Å². The fourth-order valence-corrected chi connectivity index (χ4v) is 5.64. The van der Waals surface area contributed by atoms with Crippen LogP contribution in [0, 0.1) is 0 Å². The van der Waals surface area contributed by atoms with Crippen LogP contribution < -0.4 is 4.74 Å². The number of thiophene rings is 1. The average molecular weight is 362 g/mol. The molecule has 2 aromatic rings. The van der Waals surface area contributed by atoms with Crippen molar-refractivity contribution < 1.29 is 9.84 Å². The highest BCUT2D eigenvalue weighted by Crippen LogP contribution is 2.47. The van der Waals surface area contributed by atoms with Gasteiger partial charge in [-0.1, -0.05) is 0 Å². The smallest absolute Gasteiger partial charge is 0.225 e. The zero-order valence-corrected chi connectivity index (χ0v) is 15.9. The number of aryl methyl sites for hydroxylation is 1. The molecule has 1 saturated carbocycles. The summed E-state index contributed by atoms with van der Waals surface area (Å²) in [6.07, 6.45) is 9.46. The first-order valence-electron chi connectivity index (χ1n) is 9.37. The van der Waals surface area contributed by atoms with Gasteiger partial charge in [-0.05, 0) is 70.5 Å². The second-order valence-electron chi connectivity index (χ2n) is 7.56. The molecule has 4 rings (SSSR count). The second-order valence-corrected chi connectivity index (χ2v) is 8.64. The van der Waals surface area contributed by atoms with Gasteiger partial charge in [0.1, 0.15) is 17.3 Å². The maximum atomic E-state index is 9.40. The van der Waals surface area contributed by atoms with Crippen LogP contribution >= 0.6 is 11.3 Å². The lowest BCUT2D eigenvalue weighted by atomic mass is 9.92. The summed E-state index contributed by atoms with van der Waals surface area (Å²) < 4.78 is 6.38. The van der Waals surface area contributed by atoms with E-state index in [0.717, 1.165) is 48.2 Å². The Bertz CT molecular complexity index is 738. The van der Waals surface area contributed by atoms with Crippen LogP contribution in [0.15, 0.2) is 6.33 Å². The van der Waals surface area contributed by atoms with Crippen LogP contribution in [0.4, 0.5) is 0 Å². The van der Waals surface area contributed by atoms with E-state index < -0.39 is 0 Å². The van der Waals surface area contributed by atoms with E-state index in [4.69, 9.17) is 4.74 Å². The lowest BCUT2D eigenvalue weighted by Gasteiger charge is -2.32. The Morgan fingerprint density at radius 3 is 2.72 bits per heavy atom. The second kappa shape index (κ2) is 7.17. The Morgan fingerprint density at radius 2 is 2.00 bits per heavy atom. The number of fused-ring (bicyclic) bond motifs is 3. The molecule has 2 heterocycles. The Labute approximate surface area is 153 Å². The molecule has 0 radical (unpaired) electrons. The van der Waals surface area contributed by atoms with E-state index in [0.29, 0.717) is 12.0 Å². The van der Waals surface area contributed by atoms with E-state index in [1.54, 1.807) is 17.7 Å². The van der Waals surface area contributed by atoms with Crippen molar-refractivity contribution in [2.24, 2.45) is 0 Å². The number of aliphatic hydroxyl groups excluding tert-OH is 1. The number of aromatic nitrogens is 2. The lowest BCUT2D eigenvalue weighted by molar-refractivity contribution is 0.108. The number of hydrogen-bond donors (Lipinski definition) is 1. The fourth-order valence-electron chi connectivity index (χ4n) is 4.41. The molecule has 0 unspecified atom stereocenters. The molecule has 1 N–H and O–H groups in total. The van der Waals surface area contributed by atoms with Gasteiger partial charge in [-0.25, -0.2) is 9.97 Å². The minimum atomic E-state index is 0.236. The van der Waals surface area contributed by atoms with Gasteiger partial charge in [-0.3, -0.25) is 0 Å². The summed E-state index contributed by atoms with van der Waals surface area (Å²) in [6.45, 7) is 0.236. The van der Waals surface area contributed by atoms with Crippen molar-refractivity contribution in [3.8, 4) is 5.88 Å². The number of hydrogen-bond acceptors (Lipinski definition) is 6. The van der Waals surface area contributed by atoms with Crippen molar-refractivity contribution in [3.63, 3.8) is 0 Å². The zero-order valence-electron chi connectivity index (χ0n) is 15.1. The molecular formula is C19H27N3O2S. The largest absolute Gasteiger partial charge is 0.474 e. The number of nitrogens with zero attached hydrogens (tertiary/aromatic N) is 3. The van der Waals surface area contributed by atoms with Gasteiger partial charge >= 0.3 is 0 Å². The third kappa shape index (κ3) is 3.27. The molecule has 25 heavy (non-hydrogen) atoms. The van der Waals surface area contributed by atoms with Crippen molar-refractivity contribution in [1.82, 2.24) is 14.9 Å². The van der Waals surface area contributed by atoms with E-state index in [2.05, 4.69) is 29.0 Å². The van der Waals surface area contributed by atoms with Gasteiger partial charge in [0.25, 0.3) is 0 Å². The van der Waals surface area contributed by atoms with E-state index in [-0.39, 0.29) is 12.7 Å². The zero-order chi connectivity index (χ0) is 17.4. The van der Waals surface area contributed by atoms with Crippen molar-refractivity contribution in [2.75, 3.05) is 20.7 Å². The first kappa shape index (κ1) is 17.2. The SMILES string of the molecule is CN(C)[C@H]1CC[C@H](Oc2ncnc3sc4c(c23)[C@@H](CCO)CC4)CC1. The van der Waals surface area contributed by atoms with Gasteiger partial charge < -0.3 is 14.7 Å². The molecule has 1 fully saturated rings. The predicted octanol–water partition coefficient (Wildman–Crippen LogP) is 3.36. The molecule has 2 aromatic heterocycles. The maximum absolute atomic E-state index is 9.40. The quantitative estimate of drug-likeness (QED) is 0.885. The van der Waals surface area contributed by atoms with Crippen molar-refractivity contribution >= 4 is 21.6 Å². The molecule has 2 aliphatic rings. The van der Waals surface area contributed by atoms with Crippen LogP contribution in [0.2, 0.25) is 0 Å². The minimum absolute atomic E-state index is 0.236. The molecule has 0 aliphatic heterocycles. The van der Waals surface area contributed by atoms with Crippen LogP contribution in [0.1, 0.15) is 54.9 Å². The molecule has 5 nitrogen and oxygen atoms in total. The molecule has 0 amide bonds. The fraction of sp³-hybridized carbons (Fsp3) is 0.684. The van der Waals surface area contributed by atoms with Crippen molar-refractivity contribution in [2.45, 2.75) is 63.0 Å². The number of ether oxygens (including phenoxy) is 1. The van der Waals surface area contributed by atoms with Gasteiger partial charge in [-0.15, -0.1) is 11.3 Å². The Kier molecular flexibility index (Phi) is 4.93. The third-order valence-electron chi connectivity index (χ3n) is 5.83. The van der Waals surface area contributed by atoms with Crippen LogP contribution in [0.5, 0.6) is 5.88 Å². The van der Waals surface area contributed by atoms with Crippen LogP contribution in [0.3, 0.4) is 0 Å². The molecule has 6 heteroatoms. The Balaban J connectivity index is 1.58. The normalized spacial score (nSPS) is 26.3. The number of aliphatic hydroxyl groups is 1. The van der Waals surface area contributed by atoms with Crippen molar-refractivity contribution in [1.29, 1.82) is 0 Å². The molecule has 0 bridgehead atoms. The molecule has 0 spiro atoms. The van der Waals surface area contributed by atoms with Gasteiger partial charge in [0, 0.05) is 17.5 Å². The Hall–Kier alpha value is -1.24. The molecule has 136 valence electrons. The molecule has 1 atom stereocenters. The summed E-state index contributed by atoms with van der Waals surface area (Å²) in [7, 11) is 4.32.